The summed E-state index contributed by atoms with van der Waals surface area (Å²) < 4.78 is 5.50. The lowest BCUT2D eigenvalue weighted by Gasteiger charge is -2.21. The zero-order chi connectivity index (χ0) is 12.3. The van der Waals surface area contributed by atoms with Crippen LogP contribution in [0.5, 0.6) is 0 Å². The van der Waals surface area contributed by atoms with Crippen LogP contribution in [0, 0.1) is 6.92 Å². The second-order valence-electron chi connectivity index (χ2n) is 4.24. The van der Waals surface area contributed by atoms with Crippen molar-refractivity contribution in [1.82, 2.24) is 10.2 Å². The zero-order valence-electron chi connectivity index (χ0n) is 10.3. The Morgan fingerprint density at radius 2 is 2.29 bits per heavy atom. The first kappa shape index (κ1) is 12.0. The highest BCUT2D eigenvalue weighted by molar-refractivity contribution is 5.28. The maximum atomic E-state index is 10.3. The average Bonchev–Trinajstić information content (AvgIpc) is 2.39. The minimum absolute atomic E-state index is 0.651. The van der Waals surface area contributed by atoms with E-state index in [0.29, 0.717) is 12.4 Å². The Bertz CT molecular complexity index is 429. The van der Waals surface area contributed by atoms with E-state index < -0.39 is 6.10 Å². The SMILES string of the molecule is CCc1nnc(C)cc1C(O)C1=CCCCO1. The van der Waals surface area contributed by atoms with Crippen LogP contribution in [-0.4, -0.2) is 21.9 Å². The van der Waals surface area contributed by atoms with E-state index in [1.165, 1.54) is 0 Å². The molecule has 0 bridgehead atoms. The lowest BCUT2D eigenvalue weighted by atomic mass is 10.0. The number of aryl methyl sites for hydroxylation is 2. The number of aromatic nitrogens is 2. The lowest BCUT2D eigenvalue weighted by molar-refractivity contribution is 0.0909. The van der Waals surface area contributed by atoms with Gasteiger partial charge in [-0.3, -0.25) is 0 Å². The molecule has 0 saturated carbocycles. The molecule has 1 aromatic rings. The Hall–Kier alpha value is -1.42. The smallest absolute Gasteiger partial charge is 0.138 e. The lowest BCUT2D eigenvalue weighted by Crippen LogP contribution is -2.13. The largest absolute Gasteiger partial charge is 0.495 e. The molecular formula is C13H18N2O2. The highest BCUT2D eigenvalue weighted by atomic mass is 16.5. The summed E-state index contributed by atoms with van der Waals surface area (Å²) in [5.41, 5.74) is 2.46. The van der Waals surface area contributed by atoms with Gasteiger partial charge in [0.25, 0.3) is 0 Å². The quantitative estimate of drug-likeness (QED) is 0.870. The molecule has 0 saturated heterocycles. The summed E-state index contributed by atoms with van der Waals surface area (Å²) in [7, 11) is 0. The fourth-order valence-electron chi connectivity index (χ4n) is 1.97. The van der Waals surface area contributed by atoms with Crippen molar-refractivity contribution in [3.05, 3.63) is 34.9 Å². The molecule has 0 aliphatic carbocycles. The third kappa shape index (κ3) is 2.64. The summed E-state index contributed by atoms with van der Waals surface area (Å²) in [4.78, 5) is 0. The van der Waals surface area contributed by atoms with E-state index in [4.69, 9.17) is 4.74 Å². The van der Waals surface area contributed by atoms with Crippen LogP contribution in [0.4, 0.5) is 0 Å². The van der Waals surface area contributed by atoms with Gasteiger partial charge in [-0.2, -0.15) is 10.2 Å². The van der Waals surface area contributed by atoms with Gasteiger partial charge in [-0.25, -0.2) is 0 Å². The molecule has 0 spiro atoms. The number of aliphatic hydroxyl groups excluding tert-OH is 1. The predicted octanol–water partition coefficient (Wildman–Crippen LogP) is 2.08. The van der Waals surface area contributed by atoms with Gasteiger partial charge in [-0.1, -0.05) is 6.92 Å². The summed E-state index contributed by atoms with van der Waals surface area (Å²) in [5.74, 6) is 0.651. The van der Waals surface area contributed by atoms with Crippen molar-refractivity contribution in [2.45, 2.75) is 39.2 Å². The number of allylic oxidation sites excluding steroid dienone is 1. The highest BCUT2D eigenvalue weighted by Crippen LogP contribution is 2.27. The number of rotatable bonds is 3. The second kappa shape index (κ2) is 5.27. The summed E-state index contributed by atoms with van der Waals surface area (Å²) in [5, 5.41) is 18.5. The molecule has 1 unspecified atom stereocenters. The van der Waals surface area contributed by atoms with Crippen molar-refractivity contribution in [3.8, 4) is 0 Å². The molecule has 0 aromatic carbocycles. The molecule has 1 N–H and O–H groups in total. The maximum Gasteiger partial charge on any atom is 0.138 e. The highest BCUT2D eigenvalue weighted by Gasteiger charge is 2.20. The fourth-order valence-corrected chi connectivity index (χ4v) is 1.97. The van der Waals surface area contributed by atoms with Crippen LogP contribution in [0.3, 0.4) is 0 Å². The molecule has 92 valence electrons. The fraction of sp³-hybridized carbons (Fsp3) is 0.538. The van der Waals surface area contributed by atoms with Crippen LogP contribution in [0.15, 0.2) is 17.9 Å². The molecule has 0 fully saturated rings. The minimum atomic E-state index is -0.709. The molecule has 1 aromatic heterocycles. The third-order valence-electron chi connectivity index (χ3n) is 2.89. The first-order valence-corrected chi connectivity index (χ1v) is 6.06. The molecule has 1 aliphatic heterocycles. The third-order valence-corrected chi connectivity index (χ3v) is 2.89. The maximum absolute atomic E-state index is 10.3. The molecule has 17 heavy (non-hydrogen) atoms. The number of hydrogen-bond donors (Lipinski definition) is 1. The van der Waals surface area contributed by atoms with Crippen molar-refractivity contribution in [1.29, 1.82) is 0 Å². The summed E-state index contributed by atoms with van der Waals surface area (Å²) >= 11 is 0. The van der Waals surface area contributed by atoms with Crippen molar-refractivity contribution >= 4 is 0 Å². The van der Waals surface area contributed by atoms with Gasteiger partial charge < -0.3 is 9.84 Å². The van der Waals surface area contributed by atoms with E-state index in [-0.39, 0.29) is 0 Å². The van der Waals surface area contributed by atoms with E-state index in [2.05, 4.69) is 10.2 Å². The van der Waals surface area contributed by atoms with Gasteiger partial charge in [-0.15, -0.1) is 0 Å². The predicted molar refractivity (Wildman–Crippen MR) is 64.4 cm³/mol. The summed E-state index contributed by atoms with van der Waals surface area (Å²) in [6, 6.07) is 1.88. The van der Waals surface area contributed by atoms with Gasteiger partial charge in [0.2, 0.25) is 0 Å². The molecule has 2 heterocycles. The van der Waals surface area contributed by atoms with E-state index >= 15 is 0 Å². The van der Waals surface area contributed by atoms with Gasteiger partial charge in [0.05, 0.1) is 18.0 Å². The Balaban J connectivity index is 2.31. The van der Waals surface area contributed by atoms with Crippen LogP contribution in [0.1, 0.15) is 42.8 Å². The summed E-state index contributed by atoms with van der Waals surface area (Å²) in [6.07, 6.45) is 3.99. The zero-order valence-corrected chi connectivity index (χ0v) is 10.3. The topological polar surface area (TPSA) is 55.2 Å². The van der Waals surface area contributed by atoms with Gasteiger partial charge in [0.15, 0.2) is 0 Å². The molecule has 0 amide bonds. The van der Waals surface area contributed by atoms with Gasteiger partial charge in [-0.05, 0) is 38.3 Å². The Labute approximate surface area is 101 Å². The van der Waals surface area contributed by atoms with Crippen LogP contribution in [0.2, 0.25) is 0 Å². The minimum Gasteiger partial charge on any atom is -0.495 e. The van der Waals surface area contributed by atoms with Crippen molar-refractivity contribution in [2.24, 2.45) is 0 Å². The van der Waals surface area contributed by atoms with E-state index in [9.17, 15) is 5.11 Å². The monoisotopic (exact) mass is 234 g/mol. The Kier molecular flexibility index (Phi) is 3.74. The van der Waals surface area contributed by atoms with Gasteiger partial charge in [0.1, 0.15) is 11.9 Å². The number of ether oxygens (including phenoxy) is 1. The van der Waals surface area contributed by atoms with E-state index in [0.717, 1.165) is 36.2 Å². The first-order valence-electron chi connectivity index (χ1n) is 6.06. The Morgan fingerprint density at radius 3 is 2.94 bits per heavy atom. The number of aliphatic hydroxyl groups is 1. The second-order valence-corrected chi connectivity index (χ2v) is 4.24. The number of nitrogens with zero attached hydrogens (tertiary/aromatic N) is 2. The standard InChI is InChI=1S/C13H18N2O2/c1-3-11-10(8-9(2)14-15-11)13(16)12-6-4-5-7-17-12/h6,8,13,16H,3-5,7H2,1-2H3. The molecule has 1 atom stereocenters. The van der Waals surface area contributed by atoms with Gasteiger partial charge in [0, 0.05) is 5.56 Å². The molecule has 1 aliphatic rings. The van der Waals surface area contributed by atoms with E-state index in [1.54, 1.807) is 0 Å². The van der Waals surface area contributed by atoms with Crippen molar-refractivity contribution < 1.29 is 9.84 Å². The van der Waals surface area contributed by atoms with E-state index in [1.807, 2.05) is 26.0 Å². The molecule has 0 radical (unpaired) electrons. The first-order chi connectivity index (χ1) is 8.22. The van der Waals surface area contributed by atoms with Crippen molar-refractivity contribution in [3.63, 3.8) is 0 Å². The van der Waals surface area contributed by atoms with Crippen LogP contribution in [0.25, 0.3) is 0 Å². The normalized spacial score (nSPS) is 17.2. The average molecular weight is 234 g/mol. The van der Waals surface area contributed by atoms with Crippen molar-refractivity contribution in [2.75, 3.05) is 6.61 Å². The van der Waals surface area contributed by atoms with Crippen LogP contribution in [-0.2, 0) is 11.2 Å². The molecule has 4 nitrogen and oxygen atoms in total. The Morgan fingerprint density at radius 1 is 1.47 bits per heavy atom. The number of hydrogen-bond acceptors (Lipinski definition) is 4. The van der Waals surface area contributed by atoms with Crippen LogP contribution >= 0.6 is 0 Å². The van der Waals surface area contributed by atoms with Crippen LogP contribution < -0.4 is 0 Å². The van der Waals surface area contributed by atoms with Gasteiger partial charge >= 0.3 is 0 Å². The molecular weight excluding hydrogens is 216 g/mol. The molecule has 2 rings (SSSR count). The molecule has 4 heteroatoms. The summed E-state index contributed by atoms with van der Waals surface area (Å²) in [6.45, 7) is 4.56.